The molecule has 1 saturated heterocycles. The second-order valence-corrected chi connectivity index (χ2v) is 4.20. The van der Waals surface area contributed by atoms with Gasteiger partial charge < -0.3 is 10.2 Å². The molecule has 0 unspecified atom stereocenters. The summed E-state index contributed by atoms with van der Waals surface area (Å²) < 4.78 is 0. The number of carbonyl (C=O) groups is 2. The Morgan fingerprint density at radius 1 is 1.67 bits per heavy atom. The van der Waals surface area contributed by atoms with Crippen LogP contribution < -0.4 is 5.32 Å². The van der Waals surface area contributed by atoms with Gasteiger partial charge in [0, 0.05) is 24.5 Å². The molecule has 6 heteroatoms. The second kappa shape index (κ2) is 4.39. The summed E-state index contributed by atoms with van der Waals surface area (Å²) in [4.78, 5) is 28.2. The van der Waals surface area contributed by atoms with Gasteiger partial charge in [-0.05, 0) is 6.42 Å². The van der Waals surface area contributed by atoms with Gasteiger partial charge in [0.15, 0.2) is 5.13 Å². The number of nitrogens with one attached hydrogen (secondary N) is 1. The molecule has 15 heavy (non-hydrogen) atoms. The number of carbonyl (C=O) groups excluding carboxylic acids is 2. The van der Waals surface area contributed by atoms with Crippen molar-refractivity contribution in [3.63, 3.8) is 0 Å². The predicted molar refractivity (Wildman–Crippen MR) is 56.6 cm³/mol. The van der Waals surface area contributed by atoms with E-state index >= 15 is 0 Å². The smallest absolute Gasteiger partial charge is 0.245 e. The van der Waals surface area contributed by atoms with Gasteiger partial charge in [-0.1, -0.05) is 0 Å². The number of rotatable bonds is 3. The minimum Gasteiger partial charge on any atom is -0.333 e. The number of aromatic nitrogens is 1. The van der Waals surface area contributed by atoms with Crippen LogP contribution in [0.2, 0.25) is 0 Å². The molecule has 0 aromatic carbocycles. The largest absolute Gasteiger partial charge is 0.333 e. The molecule has 80 valence electrons. The SMILES string of the molecule is O=C(CN1CCCC1=O)Nc1nccs1. The maximum atomic E-state index is 11.5. The summed E-state index contributed by atoms with van der Waals surface area (Å²) in [6, 6.07) is 0. The lowest BCUT2D eigenvalue weighted by Gasteiger charge is -2.13. The van der Waals surface area contributed by atoms with Crippen molar-refractivity contribution >= 4 is 28.3 Å². The van der Waals surface area contributed by atoms with Crippen LogP contribution in [0.15, 0.2) is 11.6 Å². The summed E-state index contributed by atoms with van der Waals surface area (Å²) in [5, 5.41) is 5.01. The topological polar surface area (TPSA) is 62.3 Å². The Bertz CT molecular complexity index is 363. The molecule has 0 spiro atoms. The maximum Gasteiger partial charge on any atom is 0.245 e. The van der Waals surface area contributed by atoms with Crippen molar-refractivity contribution in [2.45, 2.75) is 12.8 Å². The third-order valence-electron chi connectivity index (χ3n) is 2.18. The Morgan fingerprint density at radius 3 is 3.13 bits per heavy atom. The van der Waals surface area contributed by atoms with Gasteiger partial charge in [-0.3, -0.25) is 9.59 Å². The Morgan fingerprint density at radius 2 is 2.53 bits per heavy atom. The quantitative estimate of drug-likeness (QED) is 0.823. The molecule has 0 atom stereocenters. The van der Waals surface area contributed by atoms with Gasteiger partial charge in [-0.2, -0.15) is 0 Å². The average Bonchev–Trinajstić information content (AvgIpc) is 2.79. The molecule has 1 aromatic heterocycles. The minimum atomic E-state index is -0.180. The van der Waals surface area contributed by atoms with Crippen LogP contribution in [0.3, 0.4) is 0 Å². The molecule has 1 fully saturated rings. The number of amides is 2. The Balaban J connectivity index is 1.84. The van der Waals surface area contributed by atoms with E-state index in [0.717, 1.165) is 6.42 Å². The molecule has 5 nitrogen and oxygen atoms in total. The molecular formula is C9H11N3O2S. The van der Waals surface area contributed by atoms with Crippen LogP contribution in [0.25, 0.3) is 0 Å². The maximum absolute atomic E-state index is 11.5. The molecule has 2 amide bonds. The zero-order valence-electron chi connectivity index (χ0n) is 8.10. The van der Waals surface area contributed by atoms with Crippen LogP contribution in [0.5, 0.6) is 0 Å². The highest BCUT2D eigenvalue weighted by Crippen LogP contribution is 2.12. The first-order valence-electron chi connectivity index (χ1n) is 4.73. The van der Waals surface area contributed by atoms with E-state index in [1.807, 2.05) is 0 Å². The van der Waals surface area contributed by atoms with Gasteiger partial charge in [-0.25, -0.2) is 4.98 Å². The first-order valence-corrected chi connectivity index (χ1v) is 5.61. The van der Waals surface area contributed by atoms with Crippen molar-refractivity contribution < 1.29 is 9.59 Å². The van der Waals surface area contributed by atoms with E-state index in [4.69, 9.17) is 0 Å². The summed E-state index contributed by atoms with van der Waals surface area (Å²) in [6.07, 6.45) is 3.04. The van der Waals surface area contributed by atoms with Crippen LogP contribution in [0, 0.1) is 0 Å². The molecular weight excluding hydrogens is 214 g/mol. The van der Waals surface area contributed by atoms with Gasteiger partial charge in [0.05, 0.1) is 6.54 Å². The van der Waals surface area contributed by atoms with Crippen LogP contribution >= 0.6 is 11.3 Å². The molecule has 1 aliphatic rings. The van der Waals surface area contributed by atoms with Crippen molar-refractivity contribution in [2.24, 2.45) is 0 Å². The lowest BCUT2D eigenvalue weighted by atomic mass is 10.4. The van der Waals surface area contributed by atoms with E-state index in [1.165, 1.54) is 11.3 Å². The minimum absolute atomic E-state index is 0.0595. The highest BCUT2D eigenvalue weighted by molar-refractivity contribution is 7.13. The monoisotopic (exact) mass is 225 g/mol. The zero-order valence-corrected chi connectivity index (χ0v) is 8.92. The molecule has 0 aliphatic carbocycles. The highest BCUT2D eigenvalue weighted by Gasteiger charge is 2.22. The van der Waals surface area contributed by atoms with Gasteiger partial charge in [0.2, 0.25) is 11.8 Å². The molecule has 0 bridgehead atoms. The number of hydrogen-bond acceptors (Lipinski definition) is 4. The molecule has 2 rings (SSSR count). The lowest BCUT2D eigenvalue weighted by molar-refractivity contribution is -0.131. The van der Waals surface area contributed by atoms with Gasteiger partial charge in [0.1, 0.15) is 0 Å². The Kier molecular flexibility index (Phi) is 2.96. The van der Waals surface area contributed by atoms with Crippen LogP contribution in [-0.4, -0.2) is 34.8 Å². The molecule has 1 N–H and O–H groups in total. The van der Waals surface area contributed by atoms with E-state index < -0.39 is 0 Å². The first kappa shape index (κ1) is 10.1. The van der Waals surface area contributed by atoms with Crippen LogP contribution in [-0.2, 0) is 9.59 Å². The normalized spacial score (nSPS) is 15.7. The molecule has 0 saturated carbocycles. The first-order chi connectivity index (χ1) is 7.25. The number of likely N-dealkylation sites (tertiary alicyclic amines) is 1. The Labute approximate surface area is 91.1 Å². The molecule has 2 heterocycles. The van der Waals surface area contributed by atoms with Crippen molar-refractivity contribution in [2.75, 3.05) is 18.4 Å². The fourth-order valence-electron chi connectivity index (χ4n) is 1.49. The van der Waals surface area contributed by atoms with Crippen molar-refractivity contribution in [1.82, 2.24) is 9.88 Å². The summed E-state index contributed by atoms with van der Waals surface area (Å²) in [6.45, 7) is 0.822. The fourth-order valence-corrected chi connectivity index (χ4v) is 2.03. The summed E-state index contributed by atoms with van der Waals surface area (Å²) in [7, 11) is 0. The number of hydrogen-bond donors (Lipinski definition) is 1. The van der Waals surface area contributed by atoms with Gasteiger partial charge in [0.25, 0.3) is 0 Å². The van der Waals surface area contributed by atoms with Crippen LogP contribution in [0.1, 0.15) is 12.8 Å². The zero-order chi connectivity index (χ0) is 10.7. The third-order valence-corrected chi connectivity index (χ3v) is 2.87. The van der Waals surface area contributed by atoms with E-state index in [9.17, 15) is 9.59 Å². The standard InChI is InChI=1S/C9H11N3O2S/c13-7(11-9-10-3-5-15-9)6-12-4-1-2-8(12)14/h3,5H,1-2,4,6H2,(H,10,11,13). The third kappa shape index (κ3) is 2.53. The van der Waals surface area contributed by atoms with E-state index in [0.29, 0.717) is 18.1 Å². The molecule has 1 aliphatic heterocycles. The molecule has 0 radical (unpaired) electrons. The van der Waals surface area contributed by atoms with Crippen LogP contribution in [0.4, 0.5) is 5.13 Å². The summed E-state index contributed by atoms with van der Waals surface area (Å²) in [5.74, 6) is -0.121. The predicted octanol–water partition coefficient (Wildman–Crippen LogP) is 0.704. The number of thiazole rings is 1. The summed E-state index contributed by atoms with van der Waals surface area (Å²) >= 11 is 1.36. The van der Waals surface area contributed by atoms with Gasteiger partial charge >= 0.3 is 0 Å². The van der Waals surface area contributed by atoms with E-state index in [-0.39, 0.29) is 18.4 Å². The average molecular weight is 225 g/mol. The van der Waals surface area contributed by atoms with Gasteiger partial charge in [-0.15, -0.1) is 11.3 Å². The lowest BCUT2D eigenvalue weighted by Crippen LogP contribution is -2.33. The van der Waals surface area contributed by atoms with E-state index in [1.54, 1.807) is 16.5 Å². The van der Waals surface area contributed by atoms with Crippen molar-refractivity contribution in [3.8, 4) is 0 Å². The fraction of sp³-hybridized carbons (Fsp3) is 0.444. The number of anilines is 1. The van der Waals surface area contributed by atoms with Crippen molar-refractivity contribution in [3.05, 3.63) is 11.6 Å². The van der Waals surface area contributed by atoms with Crippen molar-refractivity contribution in [1.29, 1.82) is 0 Å². The van der Waals surface area contributed by atoms with E-state index in [2.05, 4.69) is 10.3 Å². The summed E-state index contributed by atoms with van der Waals surface area (Å²) in [5.41, 5.74) is 0. The Hall–Kier alpha value is -1.43. The highest BCUT2D eigenvalue weighted by atomic mass is 32.1. The molecule has 1 aromatic rings. The number of nitrogens with zero attached hydrogens (tertiary/aromatic N) is 2. The second-order valence-electron chi connectivity index (χ2n) is 3.30.